The molecular formula is C20H21FN4O3S. The number of thioether (sulfide) groups is 1. The second kappa shape index (κ2) is 8.95. The number of aromatic amines is 1. The van der Waals surface area contributed by atoms with E-state index in [-0.39, 0.29) is 23.2 Å². The Labute approximate surface area is 171 Å². The molecule has 0 atom stereocenters. The van der Waals surface area contributed by atoms with Gasteiger partial charge in [0.05, 0.1) is 18.0 Å². The van der Waals surface area contributed by atoms with E-state index in [1.165, 1.54) is 12.1 Å². The molecule has 0 saturated carbocycles. The summed E-state index contributed by atoms with van der Waals surface area (Å²) in [6, 6.07) is 8.07. The minimum absolute atomic E-state index is 0.0495. The molecule has 9 heteroatoms. The summed E-state index contributed by atoms with van der Waals surface area (Å²) in [4.78, 5) is 15.2. The van der Waals surface area contributed by atoms with Crippen LogP contribution in [0.15, 0.2) is 35.5 Å². The zero-order valence-corrected chi connectivity index (χ0v) is 17.1. The number of carbonyl (C=O) groups is 1. The number of H-pyrrole nitrogens is 1. The van der Waals surface area contributed by atoms with Crippen molar-refractivity contribution in [2.24, 2.45) is 0 Å². The van der Waals surface area contributed by atoms with Crippen molar-refractivity contribution in [1.82, 2.24) is 15.2 Å². The average molecular weight is 416 g/mol. The number of phenolic OH excluding ortho intramolecular Hbond substituents is 1. The average Bonchev–Trinajstić information content (AvgIpc) is 3.15. The van der Waals surface area contributed by atoms with Gasteiger partial charge in [0.25, 0.3) is 0 Å². The first-order valence-electron chi connectivity index (χ1n) is 8.95. The molecule has 0 aliphatic rings. The maximum Gasteiger partial charge on any atom is 0.234 e. The van der Waals surface area contributed by atoms with Crippen molar-refractivity contribution in [1.29, 1.82) is 0 Å². The number of hydrogen-bond donors (Lipinski definition) is 3. The normalized spacial score (nSPS) is 10.8. The van der Waals surface area contributed by atoms with Gasteiger partial charge in [-0.3, -0.25) is 4.79 Å². The molecule has 1 amide bonds. The van der Waals surface area contributed by atoms with Crippen molar-refractivity contribution in [3.8, 4) is 22.9 Å². The summed E-state index contributed by atoms with van der Waals surface area (Å²) in [5.41, 5.74) is 2.52. The third-order valence-corrected chi connectivity index (χ3v) is 4.89. The number of benzene rings is 2. The van der Waals surface area contributed by atoms with Gasteiger partial charge in [0, 0.05) is 5.56 Å². The van der Waals surface area contributed by atoms with Crippen LogP contribution >= 0.6 is 11.8 Å². The number of amides is 1. The fourth-order valence-electron chi connectivity index (χ4n) is 2.74. The number of ether oxygens (including phenoxy) is 1. The van der Waals surface area contributed by atoms with E-state index in [4.69, 9.17) is 4.74 Å². The maximum atomic E-state index is 14.0. The van der Waals surface area contributed by atoms with Crippen LogP contribution in [0.1, 0.15) is 18.1 Å². The molecule has 0 fully saturated rings. The Bertz CT molecular complexity index is 1040. The smallest absolute Gasteiger partial charge is 0.234 e. The summed E-state index contributed by atoms with van der Waals surface area (Å²) in [6.07, 6.45) is 0. The van der Waals surface area contributed by atoms with Gasteiger partial charge in [-0.15, -0.1) is 10.2 Å². The summed E-state index contributed by atoms with van der Waals surface area (Å²) >= 11 is 1.15. The number of phenols is 1. The SMILES string of the molecule is CCOc1ccc(-c2nnc(SCC(=O)Nc3cc(C)cc(C)c3O)[nH]2)cc1F. The van der Waals surface area contributed by atoms with E-state index in [2.05, 4.69) is 20.5 Å². The van der Waals surface area contributed by atoms with E-state index in [1.54, 1.807) is 26.0 Å². The first-order valence-corrected chi connectivity index (χ1v) is 9.94. The molecule has 0 aliphatic carbocycles. The van der Waals surface area contributed by atoms with E-state index in [9.17, 15) is 14.3 Å². The molecule has 0 aliphatic heterocycles. The van der Waals surface area contributed by atoms with Crippen LogP contribution in [0.2, 0.25) is 0 Å². The topological polar surface area (TPSA) is 100 Å². The number of hydrogen-bond acceptors (Lipinski definition) is 6. The lowest BCUT2D eigenvalue weighted by molar-refractivity contribution is -0.113. The van der Waals surface area contributed by atoms with E-state index >= 15 is 0 Å². The molecule has 152 valence electrons. The van der Waals surface area contributed by atoms with Crippen LogP contribution in [0, 0.1) is 19.7 Å². The Morgan fingerprint density at radius 2 is 2.07 bits per heavy atom. The number of nitrogens with zero attached hydrogens (tertiary/aromatic N) is 2. The molecule has 3 rings (SSSR count). The van der Waals surface area contributed by atoms with Crippen molar-refractivity contribution in [3.63, 3.8) is 0 Å². The fourth-order valence-corrected chi connectivity index (χ4v) is 3.35. The molecule has 7 nitrogen and oxygen atoms in total. The van der Waals surface area contributed by atoms with Gasteiger partial charge in [0.1, 0.15) is 5.75 Å². The van der Waals surface area contributed by atoms with Crippen LogP contribution in [0.5, 0.6) is 11.5 Å². The number of nitrogens with one attached hydrogen (secondary N) is 2. The number of carbonyl (C=O) groups excluding carboxylic acids is 1. The van der Waals surface area contributed by atoms with E-state index in [0.717, 1.165) is 17.3 Å². The molecule has 3 aromatic rings. The van der Waals surface area contributed by atoms with Gasteiger partial charge in [-0.25, -0.2) is 4.39 Å². The standard InChI is InChI=1S/C20H21FN4O3S/c1-4-28-16-6-5-13(9-14(16)21)19-23-20(25-24-19)29-10-17(26)22-15-8-11(2)7-12(3)18(15)27/h5-9,27H,4,10H2,1-3H3,(H,22,26)(H,23,24,25). The fraction of sp³-hybridized carbons (Fsp3) is 0.250. The Kier molecular flexibility index (Phi) is 6.38. The van der Waals surface area contributed by atoms with Gasteiger partial charge in [-0.2, -0.15) is 0 Å². The summed E-state index contributed by atoms with van der Waals surface area (Å²) < 4.78 is 19.2. The number of aryl methyl sites for hydroxylation is 2. The lowest BCUT2D eigenvalue weighted by Gasteiger charge is -2.10. The predicted molar refractivity (Wildman–Crippen MR) is 110 cm³/mol. The molecule has 1 heterocycles. The van der Waals surface area contributed by atoms with E-state index in [0.29, 0.717) is 34.4 Å². The largest absolute Gasteiger partial charge is 0.505 e. The van der Waals surface area contributed by atoms with Gasteiger partial charge in [-0.05, 0) is 56.2 Å². The van der Waals surface area contributed by atoms with Crippen molar-refractivity contribution in [2.75, 3.05) is 17.7 Å². The van der Waals surface area contributed by atoms with Crippen LogP contribution in [0.25, 0.3) is 11.4 Å². The van der Waals surface area contributed by atoms with Gasteiger partial charge in [0.15, 0.2) is 22.5 Å². The lowest BCUT2D eigenvalue weighted by atomic mass is 10.1. The van der Waals surface area contributed by atoms with Gasteiger partial charge < -0.3 is 20.1 Å². The lowest BCUT2D eigenvalue weighted by Crippen LogP contribution is -2.14. The highest BCUT2D eigenvalue weighted by Gasteiger charge is 2.13. The molecule has 0 bridgehead atoms. The predicted octanol–water partition coefficient (Wildman–Crippen LogP) is 4.06. The highest BCUT2D eigenvalue weighted by Crippen LogP contribution is 2.29. The first kappa shape index (κ1) is 20.7. The molecule has 2 aromatic carbocycles. The van der Waals surface area contributed by atoms with Crippen molar-refractivity contribution < 1.29 is 19.0 Å². The van der Waals surface area contributed by atoms with Gasteiger partial charge in [0.2, 0.25) is 5.91 Å². The van der Waals surface area contributed by atoms with Crippen molar-refractivity contribution in [2.45, 2.75) is 25.9 Å². The molecule has 29 heavy (non-hydrogen) atoms. The molecule has 0 radical (unpaired) electrons. The maximum absolute atomic E-state index is 14.0. The second-order valence-corrected chi connectivity index (χ2v) is 7.34. The highest BCUT2D eigenvalue weighted by molar-refractivity contribution is 7.99. The van der Waals surface area contributed by atoms with Crippen LogP contribution in [0.4, 0.5) is 10.1 Å². The number of rotatable bonds is 7. The van der Waals surface area contributed by atoms with Crippen molar-refractivity contribution in [3.05, 3.63) is 47.3 Å². The van der Waals surface area contributed by atoms with E-state index < -0.39 is 5.82 Å². The quantitative estimate of drug-likeness (QED) is 0.397. The number of halogens is 1. The van der Waals surface area contributed by atoms with Gasteiger partial charge >= 0.3 is 0 Å². The number of aromatic nitrogens is 3. The van der Waals surface area contributed by atoms with Crippen LogP contribution in [-0.4, -0.2) is 38.6 Å². The first-order chi connectivity index (χ1) is 13.9. The van der Waals surface area contributed by atoms with Crippen LogP contribution < -0.4 is 10.1 Å². The zero-order valence-electron chi connectivity index (χ0n) is 16.2. The minimum atomic E-state index is -0.484. The van der Waals surface area contributed by atoms with Crippen molar-refractivity contribution >= 4 is 23.4 Å². The number of aromatic hydroxyl groups is 1. The summed E-state index contributed by atoms with van der Waals surface area (Å²) in [6.45, 7) is 5.81. The second-order valence-electron chi connectivity index (χ2n) is 6.37. The number of anilines is 1. The van der Waals surface area contributed by atoms with Crippen LogP contribution in [0.3, 0.4) is 0 Å². The Morgan fingerprint density at radius 1 is 1.28 bits per heavy atom. The molecular weight excluding hydrogens is 395 g/mol. The molecule has 1 aromatic heterocycles. The summed E-state index contributed by atoms with van der Waals surface area (Å²) in [7, 11) is 0. The minimum Gasteiger partial charge on any atom is -0.505 e. The Morgan fingerprint density at radius 3 is 2.79 bits per heavy atom. The van der Waals surface area contributed by atoms with E-state index in [1.807, 2.05) is 13.0 Å². The third-order valence-electron chi connectivity index (χ3n) is 4.03. The third kappa shape index (κ3) is 5.05. The van der Waals surface area contributed by atoms with Crippen LogP contribution in [-0.2, 0) is 4.79 Å². The molecule has 0 unspecified atom stereocenters. The monoisotopic (exact) mass is 416 g/mol. The van der Waals surface area contributed by atoms with Gasteiger partial charge in [-0.1, -0.05) is 17.8 Å². The zero-order chi connectivity index (χ0) is 21.0. The Balaban J connectivity index is 1.62. The molecule has 0 saturated heterocycles. The summed E-state index contributed by atoms with van der Waals surface area (Å²) in [5, 5.41) is 21.2. The molecule has 0 spiro atoms. The molecule has 3 N–H and O–H groups in total. The Hall–Kier alpha value is -3.07. The highest BCUT2D eigenvalue weighted by atomic mass is 32.2. The summed E-state index contributed by atoms with van der Waals surface area (Å²) in [5.74, 6) is -0.0894.